The summed E-state index contributed by atoms with van der Waals surface area (Å²) in [5.41, 5.74) is -1.34. The van der Waals surface area contributed by atoms with E-state index in [0.717, 1.165) is 6.20 Å². The lowest BCUT2D eigenvalue weighted by molar-refractivity contribution is -0.385. The van der Waals surface area contributed by atoms with Crippen LogP contribution in [-0.2, 0) is 15.1 Å². The predicted octanol–water partition coefficient (Wildman–Crippen LogP) is 0.850. The molecule has 0 atom stereocenters. The summed E-state index contributed by atoms with van der Waals surface area (Å²) in [7, 11) is 0. The lowest BCUT2D eigenvalue weighted by atomic mass is 10.0. The first-order valence-electron chi connectivity index (χ1n) is 6.40. The first-order chi connectivity index (χ1) is 9.70. The molecule has 9 nitrogen and oxygen atoms in total. The molecule has 1 rings (SSSR count). The van der Waals surface area contributed by atoms with Crippen molar-refractivity contribution in [3.63, 3.8) is 0 Å². The average Bonchev–Trinajstić information content (AvgIpc) is 2.89. The maximum absolute atomic E-state index is 12.5. The van der Waals surface area contributed by atoms with Crippen molar-refractivity contribution >= 4 is 17.6 Å². The summed E-state index contributed by atoms with van der Waals surface area (Å²) >= 11 is 0. The van der Waals surface area contributed by atoms with E-state index in [1.807, 2.05) is 0 Å². The molecule has 0 saturated carbocycles. The molecule has 0 saturated heterocycles. The Morgan fingerprint density at radius 3 is 2.57 bits per heavy atom. The van der Waals surface area contributed by atoms with Crippen LogP contribution in [0.15, 0.2) is 12.4 Å². The van der Waals surface area contributed by atoms with E-state index in [2.05, 4.69) is 5.10 Å². The van der Waals surface area contributed by atoms with Crippen molar-refractivity contribution in [1.29, 1.82) is 0 Å². The number of hydrogen-bond donors (Lipinski definition) is 1. The van der Waals surface area contributed by atoms with Crippen LogP contribution in [0.25, 0.3) is 0 Å². The second kappa shape index (κ2) is 6.33. The molecule has 0 radical (unpaired) electrons. The maximum atomic E-state index is 12.5. The van der Waals surface area contributed by atoms with Crippen molar-refractivity contribution in [2.24, 2.45) is 0 Å². The van der Waals surface area contributed by atoms with Gasteiger partial charge in [0.25, 0.3) is 0 Å². The van der Waals surface area contributed by atoms with Gasteiger partial charge in [0, 0.05) is 13.1 Å². The molecule has 9 heteroatoms. The fraction of sp³-hybridized carbons (Fsp3) is 0.583. The Kier molecular flexibility index (Phi) is 5.01. The Hall–Kier alpha value is -2.45. The summed E-state index contributed by atoms with van der Waals surface area (Å²) in [4.78, 5) is 34.6. The van der Waals surface area contributed by atoms with E-state index in [9.17, 15) is 19.7 Å². The van der Waals surface area contributed by atoms with Crippen LogP contribution in [0.2, 0.25) is 0 Å². The van der Waals surface area contributed by atoms with E-state index >= 15 is 0 Å². The molecule has 0 aliphatic rings. The van der Waals surface area contributed by atoms with Crippen molar-refractivity contribution in [2.75, 3.05) is 13.1 Å². The highest BCUT2D eigenvalue weighted by Gasteiger charge is 2.35. The van der Waals surface area contributed by atoms with Gasteiger partial charge in [0.1, 0.15) is 17.9 Å². The maximum Gasteiger partial charge on any atom is 0.307 e. The van der Waals surface area contributed by atoms with E-state index in [0.29, 0.717) is 6.54 Å². The molecule has 21 heavy (non-hydrogen) atoms. The van der Waals surface area contributed by atoms with Crippen LogP contribution in [0.4, 0.5) is 5.69 Å². The fourth-order valence-corrected chi connectivity index (χ4v) is 1.83. The molecule has 0 fully saturated rings. The van der Waals surface area contributed by atoms with Crippen LogP contribution in [-0.4, -0.2) is 49.7 Å². The molecular formula is C12H18N4O5. The second-order valence-corrected chi connectivity index (χ2v) is 4.99. The van der Waals surface area contributed by atoms with Crippen LogP contribution in [0.1, 0.15) is 27.2 Å². The number of nitro groups is 1. The number of amides is 1. The summed E-state index contributed by atoms with van der Waals surface area (Å²) in [5.74, 6) is -1.34. The molecule has 0 bridgehead atoms. The number of carboxylic acids is 1. The Labute approximate surface area is 121 Å². The molecule has 1 N–H and O–H groups in total. The molecule has 0 aromatic carbocycles. The zero-order valence-electron chi connectivity index (χ0n) is 12.1. The number of carboxylic acid groups (broad SMARTS) is 1. The molecule has 0 unspecified atom stereocenters. The average molecular weight is 298 g/mol. The van der Waals surface area contributed by atoms with Crippen LogP contribution < -0.4 is 0 Å². The van der Waals surface area contributed by atoms with Gasteiger partial charge in [-0.05, 0) is 20.8 Å². The highest BCUT2D eigenvalue weighted by atomic mass is 16.6. The van der Waals surface area contributed by atoms with Crippen molar-refractivity contribution in [1.82, 2.24) is 14.7 Å². The minimum atomic E-state index is -1.14. The third kappa shape index (κ3) is 3.77. The quantitative estimate of drug-likeness (QED) is 0.588. The fourth-order valence-electron chi connectivity index (χ4n) is 1.83. The van der Waals surface area contributed by atoms with Crippen LogP contribution in [0.5, 0.6) is 0 Å². The number of hydrogen-bond acceptors (Lipinski definition) is 5. The molecule has 1 amide bonds. The van der Waals surface area contributed by atoms with Crippen LogP contribution in [0, 0.1) is 10.1 Å². The van der Waals surface area contributed by atoms with Gasteiger partial charge in [-0.3, -0.25) is 24.4 Å². The Balaban J connectivity index is 2.94. The number of aliphatic carboxylic acids is 1. The first kappa shape index (κ1) is 16.6. The highest BCUT2D eigenvalue weighted by Crippen LogP contribution is 2.21. The van der Waals surface area contributed by atoms with E-state index in [1.54, 1.807) is 20.8 Å². The van der Waals surface area contributed by atoms with Gasteiger partial charge in [-0.1, -0.05) is 0 Å². The lowest BCUT2D eigenvalue weighted by Crippen LogP contribution is -2.47. The van der Waals surface area contributed by atoms with Crippen molar-refractivity contribution in [2.45, 2.75) is 32.7 Å². The summed E-state index contributed by atoms with van der Waals surface area (Å²) in [6, 6.07) is 0. The molecule has 116 valence electrons. The molecule has 1 aromatic heterocycles. The van der Waals surface area contributed by atoms with Gasteiger partial charge in [0.15, 0.2) is 0 Å². The standard InChI is InChI=1S/C12H18N4O5/c1-4-14(6-5-10(17)18)11(19)12(2,3)15-8-9(7-13-15)16(20)21/h7-8H,4-6H2,1-3H3,(H,17,18). The smallest absolute Gasteiger partial charge is 0.307 e. The largest absolute Gasteiger partial charge is 0.481 e. The molecule has 1 heterocycles. The number of rotatable bonds is 7. The topological polar surface area (TPSA) is 119 Å². The zero-order chi connectivity index (χ0) is 16.2. The second-order valence-electron chi connectivity index (χ2n) is 4.99. The van der Waals surface area contributed by atoms with Gasteiger partial charge in [-0.25, -0.2) is 0 Å². The minimum Gasteiger partial charge on any atom is -0.481 e. The summed E-state index contributed by atoms with van der Waals surface area (Å²) in [5, 5.41) is 23.2. The molecule has 0 aliphatic carbocycles. The predicted molar refractivity (Wildman–Crippen MR) is 72.7 cm³/mol. The van der Waals surface area contributed by atoms with E-state index in [4.69, 9.17) is 5.11 Å². The Morgan fingerprint density at radius 1 is 1.52 bits per heavy atom. The highest BCUT2D eigenvalue weighted by molar-refractivity contribution is 5.84. The van der Waals surface area contributed by atoms with Gasteiger partial charge in [-0.15, -0.1) is 0 Å². The third-order valence-corrected chi connectivity index (χ3v) is 3.14. The summed E-state index contributed by atoms with van der Waals surface area (Å²) in [6.45, 7) is 5.32. The molecule has 0 spiro atoms. The van der Waals surface area contributed by atoms with Crippen molar-refractivity contribution < 1.29 is 19.6 Å². The van der Waals surface area contributed by atoms with E-state index < -0.39 is 16.4 Å². The number of carbonyl (C=O) groups excluding carboxylic acids is 1. The zero-order valence-corrected chi connectivity index (χ0v) is 12.1. The summed E-state index contributed by atoms with van der Waals surface area (Å²) in [6.07, 6.45) is 2.10. The normalized spacial score (nSPS) is 11.2. The number of nitrogens with zero attached hydrogens (tertiary/aromatic N) is 4. The first-order valence-corrected chi connectivity index (χ1v) is 6.40. The van der Waals surface area contributed by atoms with Gasteiger partial charge in [0.05, 0.1) is 11.3 Å². The van der Waals surface area contributed by atoms with Gasteiger partial charge in [0.2, 0.25) is 5.91 Å². The number of carbonyl (C=O) groups is 2. The van der Waals surface area contributed by atoms with Crippen LogP contribution in [0.3, 0.4) is 0 Å². The molecule has 0 aliphatic heterocycles. The Bertz CT molecular complexity index is 552. The minimum absolute atomic E-state index is 0.0808. The summed E-state index contributed by atoms with van der Waals surface area (Å²) < 4.78 is 1.22. The van der Waals surface area contributed by atoms with Gasteiger partial charge >= 0.3 is 11.7 Å². The lowest BCUT2D eigenvalue weighted by Gasteiger charge is -2.31. The van der Waals surface area contributed by atoms with Gasteiger partial charge < -0.3 is 10.0 Å². The Morgan fingerprint density at radius 2 is 2.14 bits per heavy atom. The van der Waals surface area contributed by atoms with Crippen LogP contribution >= 0.6 is 0 Å². The van der Waals surface area contributed by atoms with E-state index in [-0.39, 0.29) is 24.6 Å². The number of likely N-dealkylation sites (N-methyl/N-ethyl adjacent to an activating group) is 1. The monoisotopic (exact) mass is 298 g/mol. The third-order valence-electron chi connectivity index (χ3n) is 3.14. The van der Waals surface area contributed by atoms with Crippen molar-refractivity contribution in [3.8, 4) is 0 Å². The van der Waals surface area contributed by atoms with E-state index in [1.165, 1.54) is 15.8 Å². The van der Waals surface area contributed by atoms with Gasteiger partial charge in [-0.2, -0.15) is 5.10 Å². The SMILES string of the molecule is CCN(CCC(=O)O)C(=O)C(C)(C)n1cc([N+](=O)[O-])cn1. The molecular weight excluding hydrogens is 280 g/mol. The van der Waals surface area contributed by atoms with Crippen molar-refractivity contribution in [3.05, 3.63) is 22.5 Å². The molecule has 1 aromatic rings. The number of aromatic nitrogens is 2.